The molecule has 1 aromatic carbocycles. The lowest BCUT2D eigenvalue weighted by Crippen LogP contribution is -2.29. The average molecular weight is 287 g/mol. The van der Waals surface area contributed by atoms with Crippen molar-refractivity contribution < 1.29 is 14.1 Å². The number of nitrogen functional groups attached to an aromatic ring is 1. The van der Waals surface area contributed by atoms with Crippen molar-refractivity contribution in [3.8, 4) is 0 Å². The van der Waals surface area contributed by atoms with Gasteiger partial charge in [0.2, 0.25) is 0 Å². The summed E-state index contributed by atoms with van der Waals surface area (Å²) >= 11 is 1.55. The van der Waals surface area contributed by atoms with E-state index in [1.165, 1.54) is 11.9 Å². The highest BCUT2D eigenvalue weighted by Crippen LogP contribution is 2.25. The van der Waals surface area contributed by atoms with Gasteiger partial charge in [-0.3, -0.25) is 14.9 Å². The lowest BCUT2D eigenvalue weighted by atomic mass is 10.1. The van der Waals surface area contributed by atoms with Gasteiger partial charge in [0.25, 0.3) is 11.6 Å². The first-order valence-corrected chi connectivity index (χ1v) is 6.75. The summed E-state index contributed by atoms with van der Waals surface area (Å²) in [5.74, 6) is -0.755. The molecule has 0 aliphatic carbocycles. The summed E-state index contributed by atoms with van der Waals surface area (Å²) in [4.78, 5) is 23.5. The maximum absolute atomic E-state index is 13.2. The van der Waals surface area contributed by atoms with Crippen LogP contribution in [-0.4, -0.2) is 41.3 Å². The van der Waals surface area contributed by atoms with Crippen LogP contribution < -0.4 is 5.73 Å². The monoisotopic (exact) mass is 287 g/mol. The second kappa shape index (κ2) is 6.37. The molecule has 8 heteroatoms. The molecule has 0 aliphatic heterocycles. The number of hydrogen-bond donors (Lipinski definition) is 1. The van der Waals surface area contributed by atoms with Gasteiger partial charge < -0.3 is 10.6 Å². The van der Waals surface area contributed by atoms with Crippen LogP contribution in [0.25, 0.3) is 0 Å². The second-order valence-corrected chi connectivity index (χ2v) is 4.85. The van der Waals surface area contributed by atoms with Crippen molar-refractivity contribution in [3.63, 3.8) is 0 Å². The zero-order valence-corrected chi connectivity index (χ0v) is 11.4. The van der Waals surface area contributed by atoms with E-state index >= 15 is 0 Å². The first-order chi connectivity index (χ1) is 8.88. The number of anilines is 1. The number of rotatable bonds is 5. The summed E-state index contributed by atoms with van der Waals surface area (Å²) in [5, 5.41) is 10.8. The lowest BCUT2D eigenvalue weighted by molar-refractivity contribution is -0.385. The third-order valence-corrected chi connectivity index (χ3v) is 3.11. The Labute approximate surface area is 113 Å². The van der Waals surface area contributed by atoms with Crippen LogP contribution in [0.5, 0.6) is 0 Å². The van der Waals surface area contributed by atoms with Crippen LogP contribution in [0.3, 0.4) is 0 Å². The number of hydrogen-bond acceptors (Lipinski definition) is 5. The molecule has 1 aromatic rings. The number of nitro benzene ring substituents is 1. The van der Waals surface area contributed by atoms with E-state index in [4.69, 9.17) is 5.73 Å². The fraction of sp³-hybridized carbons (Fsp3) is 0.364. The van der Waals surface area contributed by atoms with E-state index in [1.54, 1.807) is 11.8 Å². The van der Waals surface area contributed by atoms with Gasteiger partial charge in [-0.15, -0.1) is 0 Å². The van der Waals surface area contributed by atoms with Crippen molar-refractivity contribution in [2.75, 3.05) is 31.3 Å². The van der Waals surface area contributed by atoms with E-state index in [9.17, 15) is 19.3 Å². The van der Waals surface area contributed by atoms with Crippen molar-refractivity contribution in [3.05, 3.63) is 33.6 Å². The Morgan fingerprint density at radius 2 is 2.21 bits per heavy atom. The largest absolute Gasteiger partial charge is 0.396 e. The van der Waals surface area contributed by atoms with Gasteiger partial charge in [-0.25, -0.2) is 4.39 Å². The molecule has 0 aromatic heterocycles. The summed E-state index contributed by atoms with van der Waals surface area (Å²) in [7, 11) is 1.53. The molecular formula is C11H14FN3O3S. The Bertz CT molecular complexity index is 510. The molecule has 0 saturated carbocycles. The minimum absolute atomic E-state index is 0.201. The van der Waals surface area contributed by atoms with Crippen molar-refractivity contribution in [2.24, 2.45) is 0 Å². The molecule has 0 fully saturated rings. The molecular weight excluding hydrogens is 273 g/mol. The molecule has 104 valence electrons. The average Bonchev–Trinajstić information content (AvgIpc) is 2.37. The normalized spacial score (nSPS) is 10.3. The minimum Gasteiger partial charge on any atom is -0.396 e. The Kier molecular flexibility index (Phi) is 5.11. The summed E-state index contributed by atoms with van der Waals surface area (Å²) in [5.41, 5.74) is 4.29. The van der Waals surface area contributed by atoms with Gasteiger partial charge in [0.1, 0.15) is 5.56 Å². The van der Waals surface area contributed by atoms with Gasteiger partial charge in [-0.05, 0) is 12.3 Å². The summed E-state index contributed by atoms with van der Waals surface area (Å²) < 4.78 is 13.2. The number of benzene rings is 1. The Morgan fingerprint density at radius 3 is 2.74 bits per heavy atom. The van der Waals surface area contributed by atoms with E-state index in [1.807, 2.05) is 6.26 Å². The van der Waals surface area contributed by atoms with Crippen LogP contribution >= 0.6 is 11.8 Å². The number of amides is 1. The quantitative estimate of drug-likeness (QED) is 0.506. The van der Waals surface area contributed by atoms with Crippen LogP contribution in [-0.2, 0) is 0 Å². The number of thioether (sulfide) groups is 1. The van der Waals surface area contributed by atoms with E-state index in [-0.39, 0.29) is 11.3 Å². The van der Waals surface area contributed by atoms with Crippen molar-refractivity contribution in [2.45, 2.75) is 0 Å². The van der Waals surface area contributed by atoms with E-state index in [0.717, 1.165) is 6.07 Å². The minimum atomic E-state index is -0.907. The number of nitrogens with two attached hydrogens (primary N) is 1. The fourth-order valence-electron chi connectivity index (χ4n) is 1.44. The maximum Gasteiger partial charge on any atom is 0.285 e. The maximum atomic E-state index is 13.2. The Hall–Kier alpha value is -1.83. The van der Waals surface area contributed by atoms with E-state index in [2.05, 4.69) is 0 Å². The molecule has 2 N–H and O–H groups in total. The molecule has 0 radical (unpaired) electrons. The SMILES string of the molecule is CSCCN(C)C(=O)c1cc(N)c(F)cc1[N+](=O)[O-]. The number of nitro groups is 1. The Morgan fingerprint density at radius 1 is 1.58 bits per heavy atom. The van der Waals surface area contributed by atoms with Gasteiger partial charge in [0.15, 0.2) is 5.82 Å². The number of carbonyl (C=O) groups is 1. The molecule has 0 atom stereocenters. The molecule has 0 spiro atoms. The van der Waals surface area contributed by atoms with Gasteiger partial charge in [-0.2, -0.15) is 11.8 Å². The van der Waals surface area contributed by atoms with Crippen molar-refractivity contribution >= 4 is 29.0 Å². The molecule has 0 bridgehead atoms. The molecule has 0 heterocycles. The van der Waals surface area contributed by atoms with Crippen LogP contribution in [0, 0.1) is 15.9 Å². The highest BCUT2D eigenvalue weighted by atomic mass is 32.2. The van der Waals surface area contributed by atoms with Crippen LogP contribution in [0.1, 0.15) is 10.4 Å². The van der Waals surface area contributed by atoms with Gasteiger partial charge in [0.05, 0.1) is 16.7 Å². The van der Waals surface area contributed by atoms with Crippen LogP contribution in [0.4, 0.5) is 15.8 Å². The molecule has 0 saturated heterocycles. The molecule has 1 rings (SSSR count). The van der Waals surface area contributed by atoms with Crippen molar-refractivity contribution in [1.82, 2.24) is 4.90 Å². The van der Waals surface area contributed by atoms with Gasteiger partial charge in [0, 0.05) is 19.3 Å². The third-order valence-electron chi connectivity index (χ3n) is 2.52. The predicted molar refractivity (Wildman–Crippen MR) is 72.8 cm³/mol. The molecule has 0 aliphatic rings. The molecule has 0 unspecified atom stereocenters. The van der Waals surface area contributed by atoms with E-state index in [0.29, 0.717) is 18.4 Å². The standard InChI is InChI=1S/C11H14FN3O3S/c1-14(3-4-19-2)11(16)7-5-9(13)8(12)6-10(7)15(17)18/h5-6H,3-4,13H2,1-2H3. The smallest absolute Gasteiger partial charge is 0.285 e. The van der Waals surface area contributed by atoms with Crippen LogP contribution in [0.2, 0.25) is 0 Å². The topological polar surface area (TPSA) is 89.5 Å². The number of nitrogens with zero attached hydrogens (tertiary/aromatic N) is 2. The summed E-state index contributed by atoms with van der Waals surface area (Å²) in [6, 6.07) is 1.68. The fourth-order valence-corrected chi connectivity index (χ4v) is 1.89. The third kappa shape index (κ3) is 3.57. The highest BCUT2D eigenvalue weighted by molar-refractivity contribution is 7.98. The summed E-state index contributed by atoms with van der Waals surface area (Å²) in [6.45, 7) is 0.439. The Balaban J connectivity index is 3.14. The molecule has 6 nitrogen and oxygen atoms in total. The van der Waals surface area contributed by atoms with Crippen LogP contribution in [0.15, 0.2) is 12.1 Å². The molecule has 1 amide bonds. The van der Waals surface area contributed by atoms with Gasteiger partial charge in [-0.1, -0.05) is 0 Å². The lowest BCUT2D eigenvalue weighted by Gasteiger charge is -2.16. The zero-order valence-electron chi connectivity index (χ0n) is 10.6. The summed E-state index contributed by atoms with van der Waals surface area (Å²) in [6.07, 6.45) is 1.89. The van der Waals surface area contributed by atoms with Crippen molar-refractivity contribution in [1.29, 1.82) is 0 Å². The van der Waals surface area contributed by atoms with Gasteiger partial charge >= 0.3 is 0 Å². The number of halogens is 1. The zero-order chi connectivity index (χ0) is 14.6. The first-order valence-electron chi connectivity index (χ1n) is 5.36. The first kappa shape index (κ1) is 15.2. The highest BCUT2D eigenvalue weighted by Gasteiger charge is 2.25. The predicted octanol–water partition coefficient (Wildman–Crippen LogP) is 1.75. The van der Waals surface area contributed by atoms with E-state index < -0.39 is 22.3 Å². The molecule has 19 heavy (non-hydrogen) atoms. The number of carbonyl (C=O) groups excluding carboxylic acids is 1. The second-order valence-electron chi connectivity index (χ2n) is 3.87.